The molecule has 1 unspecified atom stereocenters. The molecule has 0 saturated carbocycles. The van der Waals surface area contributed by atoms with Crippen molar-refractivity contribution in [1.29, 1.82) is 0 Å². The predicted molar refractivity (Wildman–Crippen MR) is 87.4 cm³/mol. The molecular weight excluding hydrogens is 298 g/mol. The van der Waals surface area contributed by atoms with Crippen molar-refractivity contribution in [2.45, 2.75) is 26.7 Å². The van der Waals surface area contributed by atoms with Crippen molar-refractivity contribution in [3.63, 3.8) is 0 Å². The molecule has 1 amide bonds. The van der Waals surface area contributed by atoms with Crippen LogP contribution in [0.1, 0.15) is 35.7 Å². The van der Waals surface area contributed by atoms with Crippen LogP contribution in [-0.4, -0.2) is 35.0 Å². The number of carbonyl (C=O) groups excluding carboxylic acids is 1. The fourth-order valence-electron chi connectivity index (χ4n) is 3.06. The Kier molecular flexibility index (Phi) is 3.68. The van der Waals surface area contributed by atoms with E-state index in [4.69, 9.17) is 0 Å². The van der Waals surface area contributed by atoms with Crippen LogP contribution in [0.5, 0.6) is 0 Å². The van der Waals surface area contributed by atoms with Gasteiger partial charge in [0.05, 0.1) is 11.0 Å². The van der Waals surface area contributed by atoms with Crippen LogP contribution < -0.4 is 0 Å². The van der Waals surface area contributed by atoms with Crippen molar-refractivity contribution >= 4 is 33.3 Å². The Bertz CT molecular complexity index is 751. The highest BCUT2D eigenvalue weighted by atomic mass is 32.1. The molecule has 4 nitrogen and oxygen atoms in total. The molecule has 116 valence electrons. The second-order valence-electron chi connectivity index (χ2n) is 6.35. The molecule has 0 spiro atoms. The summed E-state index contributed by atoms with van der Waals surface area (Å²) in [5.74, 6) is -0.877. The first-order valence-electron chi connectivity index (χ1n) is 7.41. The van der Waals surface area contributed by atoms with Crippen LogP contribution in [0.25, 0.3) is 10.1 Å². The Hall–Kier alpha value is -1.88. The summed E-state index contributed by atoms with van der Waals surface area (Å²) in [5, 5.41) is 12.2. The lowest BCUT2D eigenvalue weighted by molar-refractivity contribution is -0.150. The third-order valence-corrected chi connectivity index (χ3v) is 5.41. The van der Waals surface area contributed by atoms with Gasteiger partial charge in [-0.1, -0.05) is 12.1 Å². The SMILES string of the molecule is Cc1ccc2c(C(=O)N3CCCC(C)(C(=O)O)C3)csc2c1. The summed E-state index contributed by atoms with van der Waals surface area (Å²) >= 11 is 1.56. The van der Waals surface area contributed by atoms with Gasteiger partial charge in [-0.3, -0.25) is 9.59 Å². The van der Waals surface area contributed by atoms with Crippen LogP contribution in [0, 0.1) is 12.3 Å². The molecule has 2 heterocycles. The molecule has 1 aromatic heterocycles. The maximum absolute atomic E-state index is 12.8. The quantitative estimate of drug-likeness (QED) is 0.921. The Morgan fingerprint density at radius 3 is 2.86 bits per heavy atom. The molecule has 1 N–H and O–H groups in total. The van der Waals surface area contributed by atoms with Crippen molar-refractivity contribution in [3.8, 4) is 0 Å². The molecule has 5 heteroatoms. The minimum atomic E-state index is -0.837. The molecule has 0 radical (unpaired) electrons. The first kappa shape index (κ1) is 15.0. The van der Waals surface area contributed by atoms with Gasteiger partial charge in [-0.25, -0.2) is 0 Å². The Morgan fingerprint density at radius 1 is 1.36 bits per heavy atom. The number of thiophene rings is 1. The van der Waals surface area contributed by atoms with Gasteiger partial charge >= 0.3 is 5.97 Å². The topological polar surface area (TPSA) is 57.6 Å². The monoisotopic (exact) mass is 317 g/mol. The van der Waals surface area contributed by atoms with Crippen molar-refractivity contribution in [1.82, 2.24) is 4.90 Å². The number of aryl methyl sites for hydroxylation is 1. The number of piperidine rings is 1. The van der Waals surface area contributed by atoms with Crippen molar-refractivity contribution < 1.29 is 14.7 Å². The maximum Gasteiger partial charge on any atom is 0.311 e. The zero-order valence-corrected chi connectivity index (χ0v) is 13.6. The molecule has 0 aliphatic carbocycles. The van der Waals surface area contributed by atoms with Gasteiger partial charge in [0.1, 0.15) is 0 Å². The third kappa shape index (κ3) is 2.50. The number of aliphatic carboxylic acids is 1. The molecule has 1 aromatic carbocycles. The van der Waals surface area contributed by atoms with Crippen LogP contribution in [0.15, 0.2) is 23.6 Å². The van der Waals surface area contributed by atoms with E-state index in [9.17, 15) is 14.7 Å². The number of carbonyl (C=O) groups is 2. The highest BCUT2D eigenvalue weighted by molar-refractivity contribution is 7.17. The number of carboxylic acid groups (broad SMARTS) is 1. The summed E-state index contributed by atoms with van der Waals surface area (Å²) in [4.78, 5) is 25.9. The summed E-state index contributed by atoms with van der Waals surface area (Å²) in [6.45, 7) is 4.67. The zero-order valence-electron chi connectivity index (χ0n) is 12.8. The van der Waals surface area contributed by atoms with Crippen LogP contribution in [0.4, 0.5) is 0 Å². The Morgan fingerprint density at radius 2 is 2.14 bits per heavy atom. The number of benzene rings is 1. The average Bonchev–Trinajstić information content (AvgIpc) is 2.89. The van der Waals surface area contributed by atoms with E-state index in [-0.39, 0.29) is 12.5 Å². The van der Waals surface area contributed by atoms with Crippen LogP contribution >= 0.6 is 11.3 Å². The second kappa shape index (κ2) is 5.39. The molecule has 1 fully saturated rings. The molecule has 1 saturated heterocycles. The minimum Gasteiger partial charge on any atom is -0.481 e. The fraction of sp³-hybridized carbons (Fsp3) is 0.412. The van der Waals surface area contributed by atoms with Gasteiger partial charge in [-0.2, -0.15) is 0 Å². The van der Waals surface area contributed by atoms with E-state index in [0.717, 1.165) is 16.5 Å². The van der Waals surface area contributed by atoms with Crippen molar-refractivity contribution in [3.05, 3.63) is 34.7 Å². The van der Waals surface area contributed by atoms with Crippen molar-refractivity contribution in [2.24, 2.45) is 5.41 Å². The lowest BCUT2D eigenvalue weighted by atomic mass is 9.82. The van der Waals surface area contributed by atoms with Gasteiger partial charge in [-0.15, -0.1) is 11.3 Å². The number of hydrogen-bond acceptors (Lipinski definition) is 3. The van der Waals surface area contributed by atoms with Crippen LogP contribution in [-0.2, 0) is 4.79 Å². The first-order valence-corrected chi connectivity index (χ1v) is 8.29. The Labute approximate surface area is 133 Å². The van der Waals surface area contributed by atoms with Crippen molar-refractivity contribution in [2.75, 3.05) is 13.1 Å². The first-order chi connectivity index (χ1) is 10.4. The number of amides is 1. The van der Waals surface area contributed by atoms with Gasteiger partial charge in [0.15, 0.2) is 0 Å². The molecule has 0 bridgehead atoms. The maximum atomic E-state index is 12.8. The minimum absolute atomic E-state index is 0.0534. The normalized spacial score (nSPS) is 22.0. The van der Waals surface area contributed by atoms with E-state index in [2.05, 4.69) is 6.07 Å². The molecule has 2 aromatic rings. The van der Waals surface area contributed by atoms with Gasteiger partial charge in [0.2, 0.25) is 0 Å². The van der Waals surface area contributed by atoms with E-state index in [0.29, 0.717) is 18.5 Å². The van der Waals surface area contributed by atoms with Gasteiger partial charge in [-0.05, 0) is 38.3 Å². The molecule has 1 aliphatic heterocycles. The van der Waals surface area contributed by atoms with Crippen LogP contribution in [0.2, 0.25) is 0 Å². The largest absolute Gasteiger partial charge is 0.481 e. The smallest absolute Gasteiger partial charge is 0.311 e. The van der Waals surface area contributed by atoms with E-state index < -0.39 is 11.4 Å². The fourth-order valence-corrected chi connectivity index (χ4v) is 4.09. The Balaban J connectivity index is 1.91. The lowest BCUT2D eigenvalue weighted by Gasteiger charge is -2.37. The molecule has 22 heavy (non-hydrogen) atoms. The summed E-state index contributed by atoms with van der Waals surface area (Å²) in [6, 6.07) is 6.06. The van der Waals surface area contributed by atoms with Crippen LogP contribution in [0.3, 0.4) is 0 Å². The number of rotatable bonds is 2. The highest BCUT2D eigenvalue weighted by Gasteiger charge is 2.39. The highest BCUT2D eigenvalue weighted by Crippen LogP contribution is 2.33. The number of carboxylic acids is 1. The molecule has 3 rings (SSSR count). The number of fused-ring (bicyclic) bond motifs is 1. The summed E-state index contributed by atoms with van der Waals surface area (Å²) in [5.41, 5.74) is 1.02. The summed E-state index contributed by atoms with van der Waals surface area (Å²) < 4.78 is 1.10. The number of hydrogen-bond donors (Lipinski definition) is 1. The summed E-state index contributed by atoms with van der Waals surface area (Å²) in [6.07, 6.45) is 1.35. The summed E-state index contributed by atoms with van der Waals surface area (Å²) in [7, 11) is 0. The average molecular weight is 317 g/mol. The zero-order chi connectivity index (χ0) is 15.9. The van der Waals surface area contributed by atoms with Gasteiger partial charge in [0.25, 0.3) is 5.91 Å². The third-order valence-electron chi connectivity index (χ3n) is 4.46. The van der Waals surface area contributed by atoms with Gasteiger partial charge in [0, 0.05) is 28.6 Å². The van der Waals surface area contributed by atoms with E-state index >= 15 is 0 Å². The van der Waals surface area contributed by atoms with E-state index in [1.165, 1.54) is 5.56 Å². The number of nitrogens with zero attached hydrogens (tertiary/aromatic N) is 1. The number of likely N-dealkylation sites (tertiary alicyclic amines) is 1. The standard InChI is InChI=1S/C17H19NO3S/c1-11-4-5-12-13(9-22-14(12)8-11)15(19)18-7-3-6-17(2,10-18)16(20)21/h4-5,8-9H,3,6-7,10H2,1-2H3,(H,20,21). The molecule has 1 aliphatic rings. The molecular formula is C17H19NO3S. The van der Waals surface area contributed by atoms with E-state index in [1.807, 2.05) is 24.4 Å². The van der Waals surface area contributed by atoms with E-state index in [1.54, 1.807) is 23.2 Å². The molecule has 1 atom stereocenters. The second-order valence-corrected chi connectivity index (χ2v) is 7.26. The lowest BCUT2D eigenvalue weighted by Crippen LogP contribution is -2.48. The predicted octanol–water partition coefficient (Wildman–Crippen LogP) is 3.54. The van der Waals surface area contributed by atoms with Gasteiger partial charge < -0.3 is 10.0 Å².